The zero-order valence-electron chi connectivity index (χ0n) is 11.8. The quantitative estimate of drug-likeness (QED) is 0.516. The molecule has 0 fully saturated rings. The Kier molecular flexibility index (Phi) is 6.28. The Morgan fingerprint density at radius 2 is 1.62 bits per heavy atom. The predicted molar refractivity (Wildman–Crippen MR) is 97.2 cm³/mol. The second-order valence-corrected chi connectivity index (χ2v) is 11.3. The van der Waals surface area contributed by atoms with Gasteiger partial charge >= 0.3 is 149 Å². The zero-order chi connectivity index (χ0) is 15.4. The molecule has 0 spiro atoms. The average molecular weight is 473 g/mol. The molecule has 0 aliphatic rings. The van der Waals surface area contributed by atoms with Crippen molar-refractivity contribution in [2.24, 2.45) is 0 Å². The Hall–Kier alpha value is -0.372. The Morgan fingerprint density at radius 1 is 1.00 bits per heavy atom. The summed E-state index contributed by atoms with van der Waals surface area (Å²) in [6, 6.07) is 15.1. The molecule has 1 radical (unpaired) electrons. The minimum atomic E-state index is -0.217. The van der Waals surface area contributed by atoms with Crippen LogP contribution in [0.5, 0.6) is 0 Å². The summed E-state index contributed by atoms with van der Waals surface area (Å²) in [5.74, 6) is -0.217. The van der Waals surface area contributed by atoms with Crippen LogP contribution in [0.1, 0.15) is 25.0 Å². The molecule has 2 aromatic carbocycles. The summed E-state index contributed by atoms with van der Waals surface area (Å²) >= 11 is 7.19. The molecule has 0 nitrogen and oxygen atoms in total. The summed E-state index contributed by atoms with van der Waals surface area (Å²) in [4.78, 5) is 0. The van der Waals surface area contributed by atoms with Gasteiger partial charge in [-0.25, -0.2) is 0 Å². The first-order valence-electron chi connectivity index (χ1n) is 6.60. The Balaban J connectivity index is 2.55. The van der Waals surface area contributed by atoms with Gasteiger partial charge in [-0.05, 0) is 0 Å². The fraction of sp³-hybridized carbons (Fsp3) is 0.176. The van der Waals surface area contributed by atoms with E-state index in [1.807, 2.05) is 18.2 Å². The van der Waals surface area contributed by atoms with Gasteiger partial charge in [-0.3, -0.25) is 0 Å². The number of hydrogen-bond acceptors (Lipinski definition) is 0. The molecule has 0 atom stereocenters. The van der Waals surface area contributed by atoms with E-state index in [4.69, 9.17) is 0 Å². The van der Waals surface area contributed by atoms with E-state index in [2.05, 4.69) is 63.9 Å². The fourth-order valence-corrected chi connectivity index (χ4v) is 5.15. The van der Waals surface area contributed by atoms with Gasteiger partial charge in [0.25, 0.3) is 0 Å². The van der Waals surface area contributed by atoms with E-state index in [1.165, 1.54) is 22.0 Å². The van der Waals surface area contributed by atoms with Crippen LogP contribution in [0.15, 0.2) is 51.9 Å². The molecule has 0 saturated heterocycles. The van der Waals surface area contributed by atoms with Gasteiger partial charge in [0.15, 0.2) is 0 Å². The van der Waals surface area contributed by atoms with Gasteiger partial charge in [-0.15, -0.1) is 0 Å². The molecule has 0 unspecified atom stereocenters. The summed E-state index contributed by atoms with van der Waals surface area (Å²) in [6.07, 6.45) is 0. The molecule has 2 aromatic rings. The van der Waals surface area contributed by atoms with E-state index >= 15 is 0 Å². The fourth-order valence-electron chi connectivity index (χ4n) is 2.06. The Morgan fingerprint density at radius 3 is 2.19 bits per heavy atom. The van der Waals surface area contributed by atoms with Crippen molar-refractivity contribution in [1.82, 2.24) is 0 Å². The molecule has 0 aromatic heterocycles. The van der Waals surface area contributed by atoms with Crippen molar-refractivity contribution in [3.8, 4) is 0 Å². The third-order valence-corrected chi connectivity index (χ3v) is 6.17. The molecule has 109 valence electrons. The SMILES string of the molecule is CC(C)[As]c1ccccc1C(=C(Br)Br)c1ccc(F)cc1. The van der Waals surface area contributed by atoms with Crippen LogP contribution in [0, 0.1) is 5.82 Å². The maximum atomic E-state index is 13.2. The van der Waals surface area contributed by atoms with E-state index in [0.29, 0.717) is 4.71 Å². The first-order chi connectivity index (χ1) is 9.99. The van der Waals surface area contributed by atoms with Gasteiger partial charge in [0.1, 0.15) is 0 Å². The van der Waals surface area contributed by atoms with E-state index < -0.39 is 0 Å². The van der Waals surface area contributed by atoms with Crippen LogP contribution in [0.2, 0.25) is 4.71 Å². The molecule has 2 rings (SSSR count). The number of rotatable bonds is 4. The first kappa shape index (κ1) is 17.0. The normalized spacial score (nSPS) is 11.3. The average Bonchev–Trinajstić information content (AvgIpc) is 2.42. The Bertz CT molecular complexity index is 644. The molecule has 0 N–H and O–H groups in total. The van der Waals surface area contributed by atoms with Crippen LogP contribution in [-0.4, -0.2) is 15.8 Å². The third kappa shape index (κ3) is 4.55. The standard InChI is InChI=1S/C17H15AsBr2F/c1-11(2)18-15-6-4-3-5-14(15)16(17(19)20)12-7-9-13(21)10-8-12/h3-11H,1-2H3. The van der Waals surface area contributed by atoms with Crippen molar-refractivity contribution in [3.63, 3.8) is 0 Å². The maximum absolute atomic E-state index is 13.2. The molecule has 0 saturated carbocycles. The molecule has 0 aliphatic carbocycles. The van der Waals surface area contributed by atoms with Crippen LogP contribution in [-0.2, 0) is 0 Å². The van der Waals surface area contributed by atoms with Gasteiger partial charge in [0.05, 0.1) is 0 Å². The molecule has 0 heterocycles. The van der Waals surface area contributed by atoms with Crippen LogP contribution >= 0.6 is 31.9 Å². The van der Waals surface area contributed by atoms with E-state index in [1.54, 1.807) is 0 Å². The summed E-state index contributed by atoms with van der Waals surface area (Å²) in [6.45, 7) is 4.50. The summed E-state index contributed by atoms with van der Waals surface area (Å²) in [7, 11) is 0. The van der Waals surface area contributed by atoms with Gasteiger partial charge < -0.3 is 0 Å². The molecule has 0 amide bonds. The third-order valence-electron chi connectivity index (χ3n) is 2.89. The summed E-state index contributed by atoms with van der Waals surface area (Å²) in [5.41, 5.74) is 3.28. The van der Waals surface area contributed by atoms with E-state index in [-0.39, 0.29) is 21.6 Å². The predicted octanol–water partition coefficient (Wildman–Crippen LogP) is 5.49. The first-order valence-corrected chi connectivity index (χ1v) is 10.2. The molecule has 4 heteroatoms. The van der Waals surface area contributed by atoms with E-state index in [9.17, 15) is 4.39 Å². The molecule has 21 heavy (non-hydrogen) atoms. The Labute approximate surface area is 148 Å². The number of hydrogen-bond donors (Lipinski definition) is 0. The van der Waals surface area contributed by atoms with Crippen LogP contribution < -0.4 is 4.35 Å². The van der Waals surface area contributed by atoms with Crippen molar-refractivity contribution < 1.29 is 4.39 Å². The van der Waals surface area contributed by atoms with Gasteiger partial charge in [-0.1, -0.05) is 0 Å². The summed E-state index contributed by atoms with van der Waals surface area (Å²) < 4.78 is 16.1. The van der Waals surface area contributed by atoms with Crippen molar-refractivity contribution in [2.45, 2.75) is 18.6 Å². The van der Waals surface area contributed by atoms with Gasteiger partial charge in [-0.2, -0.15) is 0 Å². The number of halogens is 3. The van der Waals surface area contributed by atoms with Crippen LogP contribution in [0.25, 0.3) is 5.57 Å². The van der Waals surface area contributed by atoms with Crippen molar-refractivity contribution in [2.75, 3.05) is 0 Å². The number of benzene rings is 2. The second kappa shape index (κ2) is 7.76. The van der Waals surface area contributed by atoms with Gasteiger partial charge in [0, 0.05) is 0 Å². The molecular formula is C17H15AsBr2F. The van der Waals surface area contributed by atoms with Crippen LogP contribution in [0.4, 0.5) is 4.39 Å². The summed E-state index contributed by atoms with van der Waals surface area (Å²) in [5, 5.41) is 0. The monoisotopic (exact) mass is 471 g/mol. The van der Waals surface area contributed by atoms with Crippen molar-refractivity contribution in [1.29, 1.82) is 0 Å². The molecule has 0 aliphatic heterocycles. The minimum absolute atomic E-state index is 0.0961. The van der Waals surface area contributed by atoms with Crippen molar-refractivity contribution in [3.05, 3.63) is 68.9 Å². The zero-order valence-corrected chi connectivity index (χ0v) is 16.8. The van der Waals surface area contributed by atoms with E-state index in [0.717, 1.165) is 14.5 Å². The van der Waals surface area contributed by atoms with Gasteiger partial charge in [0.2, 0.25) is 0 Å². The molecule has 0 bridgehead atoms. The molecular weight excluding hydrogens is 458 g/mol. The van der Waals surface area contributed by atoms with Crippen LogP contribution in [0.3, 0.4) is 0 Å². The van der Waals surface area contributed by atoms with Crippen molar-refractivity contribution >= 4 is 57.5 Å². The topological polar surface area (TPSA) is 0 Å². The second-order valence-electron chi connectivity index (χ2n) is 4.88.